The van der Waals surface area contributed by atoms with Gasteiger partial charge in [0.25, 0.3) is 5.91 Å². The second kappa shape index (κ2) is 16.9. The highest BCUT2D eigenvalue weighted by molar-refractivity contribution is 5.99. The van der Waals surface area contributed by atoms with Crippen molar-refractivity contribution in [3.05, 3.63) is 35.6 Å². The molecule has 240 valence electrons. The molecule has 1 heterocycles. The Kier molecular flexibility index (Phi) is 14.0. The number of hydrogen-bond donors (Lipinski definition) is 5. The molecular formula is C28H39F4N5O6. The topological polar surface area (TPSA) is 169 Å². The third kappa shape index (κ3) is 12.3. The molecule has 0 aliphatic carbocycles. The van der Waals surface area contributed by atoms with Crippen LogP contribution in [0.1, 0.15) is 62.7 Å². The summed E-state index contributed by atoms with van der Waals surface area (Å²) in [6.45, 7) is 2.77. The first-order chi connectivity index (χ1) is 20.2. The van der Waals surface area contributed by atoms with Crippen molar-refractivity contribution in [3.63, 3.8) is 0 Å². The second-order valence-electron chi connectivity index (χ2n) is 10.8. The molecule has 1 aliphatic heterocycles. The van der Waals surface area contributed by atoms with Crippen LogP contribution in [0, 0.1) is 17.7 Å². The third-order valence-corrected chi connectivity index (χ3v) is 6.79. The quantitative estimate of drug-likeness (QED) is 0.131. The van der Waals surface area contributed by atoms with Crippen LogP contribution in [0.3, 0.4) is 0 Å². The summed E-state index contributed by atoms with van der Waals surface area (Å²) in [6, 6.07) is 1.26. The van der Waals surface area contributed by atoms with Gasteiger partial charge in [0.05, 0.1) is 11.6 Å². The average molecular weight is 618 g/mol. The van der Waals surface area contributed by atoms with Crippen LogP contribution >= 0.6 is 0 Å². The number of hydrogen-bond acceptors (Lipinski definition) is 7. The molecule has 1 aliphatic rings. The molecule has 4 amide bonds. The molecule has 3 unspecified atom stereocenters. The monoisotopic (exact) mass is 617 g/mol. The Balaban J connectivity index is 2.23. The number of unbranched alkanes of at least 4 members (excludes halogenated alkanes) is 1. The van der Waals surface area contributed by atoms with Crippen molar-refractivity contribution < 1.29 is 46.3 Å². The van der Waals surface area contributed by atoms with Crippen LogP contribution in [0.4, 0.5) is 17.6 Å². The molecule has 0 aromatic heterocycles. The highest BCUT2D eigenvalue weighted by Crippen LogP contribution is 2.20. The van der Waals surface area contributed by atoms with Gasteiger partial charge in [-0.15, -0.1) is 13.2 Å². The molecule has 43 heavy (non-hydrogen) atoms. The Hall–Kier alpha value is -3.59. The summed E-state index contributed by atoms with van der Waals surface area (Å²) in [7, 11) is 0. The standard InChI is InChI=1S/C28H39F4N5O6/c1-16(2)13-22(27(42)36-21(14-17-10-12-34-24(17)39)23(38)15-43-28(30,31)32)37-26(41)20(9-5-6-11-33)35-25(40)18-7-3-4-8-19(18)29/h3-4,7-8,16-17,20-22H,5-6,9-15,33H2,1-2H3,(H,34,39)(H,35,40)(H,36,42)(H,37,41)/t17-,20?,21?,22?/m0/s1. The van der Waals surface area contributed by atoms with E-state index in [1.807, 2.05) is 0 Å². The van der Waals surface area contributed by atoms with Gasteiger partial charge in [-0.1, -0.05) is 26.0 Å². The second-order valence-corrected chi connectivity index (χ2v) is 10.8. The highest BCUT2D eigenvalue weighted by Gasteiger charge is 2.36. The summed E-state index contributed by atoms with van der Waals surface area (Å²) in [6.07, 6.45) is -3.91. The van der Waals surface area contributed by atoms with E-state index < -0.39 is 72.2 Å². The molecule has 0 bridgehead atoms. The molecule has 6 N–H and O–H groups in total. The molecule has 11 nitrogen and oxygen atoms in total. The van der Waals surface area contributed by atoms with Gasteiger partial charge in [-0.05, 0) is 63.1 Å². The number of nitrogens with one attached hydrogen (secondary N) is 4. The fourth-order valence-corrected chi connectivity index (χ4v) is 4.57. The van der Waals surface area contributed by atoms with Crippen molar-refractivity contribution in [3.8, 4) is 0 Å². The van der Waals surface area contributed by atoms with Crippen LogP contribution in [0.5, 0.6) is 0 Å². The minimum absolute atomic E-state index is 0.0677. The summed E-state index contributed by atoms with van der Waals surface area (Å²) in [5.41, 5.74) is 5.26. The number of nitrogens with two attached hydrogens (primary N) is 1. The number of carbonyl (C=O) groups is 5. The lowest BCUT2D eigenvalue weighted by Crippen LogP contribution is -2.56. The van der Waals surface area contributed by atoms with Crippen LogP contribution in [0.15, 0.2) is 24.3 Å². The van der Waals surface area contributed by atoms with Crippen LogP contribution < -0.4 is 27.0 Å². The number of Topliss-reactive ketones (excluding diaryl/α,β-unsaturated/α-hetero) is 1. The van der Waals surface area contributed by atoms with Gasteiger partial charge in [0.1, 0.15) is 24.5 Å². The molecule has 0 radical (unpaired) electrons. The third-order valence-electron chi connectivity index (χ3n) is 6.79. The summed E-state index contributed by atoms with van der Waals surface area (Å²) in [4.78, 5) is 64.2. The van der Waals surface area contributed by atoms with Gasteiger partial charge >= 0.3 is 6.36 Å². The normalized spacial score (nSPS) is 17.1. The van der Waals surface area contributed by atoms with E-state index in [1.165, 1.54) is 18.2 Å². The predicted molar refractivity (Wildman–Crippen MR) is 147 cm³/mol. The van der Waals surface area contributed by atoms with Gasteiger partial charge in [0.15, 0.2) is 5.78 Å². The first kappa shape index (κ1) is 35.6. The van der Waals surface area contributed by atoms with Crippen molar-refractivity contribution >= 4 is 29.4 Å². The first-order valence-corrected chi connectivity index (χ1v) is 14.1. The first-order valence-electron chi connectivity index (χ1n) is 14.1. The van der Waals surface area contributed by atoms with E-state index in [0.717, 1.165) is 6.07 Å². The maximum atomic E-state index is 14.2. The van der Waals surface area contributed by atoms with E-state index in [0.29, 0.717) is 32.4 Å². The van der Waals surface area contributed by atoms with Crippen molar-refractivity contribution in [1.82, 2.24) is 21.3 Å². The zero-order valence-electron chi connectivity index (χ0n) is 24.1. The van der Waals surface area contributed by atoms with Crippen molar-refractivity contribution in [2.45, 2.75) is 76.9 Å². The van der Waals surface area contributed by atoms with E-state index in [2.05, 4.69) is 26.0 Å². The van der Waals surface area contributed by atoms with Crippen LogP contribution in [0.25, 0.3) is 0 Å². The molecule has 0 saturated carbocycles. The molecule has 4 atom stereocenters. The van der Waals surface area contributed by atoms with Gasteiger partial charge in [-0.25, -0.2) is 4.39 Å². The van der Waals surface area contributed by atoms with Gasteiger partial charge in [-0.3, -0.25) is 28.7 Å². The lowest BCUT2D eigenvalue weighted by atomic mass is 9.95. The predicted octanol–water partition coefficient (Wildman–Crippen LogP) is 1.70. The average Bonchev–Trinajstić information content (AvgIpc) is 3.33. The number of benzene rings is 1. The minimum Gasteiger partial charge on any atom is -0.356 e. The largest absolute Gasteiger partial charge is 0.522 e. The van der Waals surface area contributed by atoms with Gasteiger partial charge in [-0.2, -0.15) is 0 Å². The SMILES string of the molecule is CC(C)CC(NC(=O)C(CCCCN)NC(=O)c1ccccc1F)C(=O)NC(C[C@@H]1CCNC1=O)C(=O)COC(F)(F)F. The summed E-state index contributed by atoms with van der Waals surface area (Å²) in [5.74, 6) is -5.66. The Bertz CT molecular complexity index is 1130. The van der Waals surface area contributed by atoms with E-state index in [9.17, 15) is 41.5 Å². The number of amides is 4. The number of ether oxygens (including phenoxy) is 1. The molecule has 2 rings (SSSR count). The molecule has 1 fully saturated rings. The number of ketones is 1. The van der Waals surface area contributed by atoms with Crippen molar-refractivity contribution in [2.75, 3.05) is 19.7 Å². The molecule has 1 aromatic carbocycles. The smallest absolute Gasteiger partial charge is 0.356 e. The summed E-state index contributed by atoms with van der Waals surface area (Å²) < 4.78 is 55.6. The maximum Gasteiger partial charge on any atom is 0.522 e. The van der Waals surface area contributed by atoms with Gasteiger partial charge in [0.2, 0.25) is 17.7 Å². The zero-order chi connectivity index (χ0) is 32.2. The van der Waals surface area contributed by atoms with Crippen LogP contribution in [-0.4, -0.2) is 73.6 Å². The fraction of sp³-hybridized carbons (Fsp3) is 0.607. The van der Waals surface area contributed by atoms with Crippen molar-refractivity contribution in [2.24, 2.45) is 17.6 Å². The van der Waals surface area contributed by atoms with Gasteiger partial charge in [0, 0.05) is 12.5 Å². The maximum absolute atomic E-state index is 14.2. The van der Waals surface area contributed by atoms with E-state index in [1.54, 1.807) is 13.8 Å². The fourth-order valence-electron chi connectivity index (χ4n) is 4.57. The van der Waals surface area contributed by atoms with Crippen LogP contribution in [0.2, 0.25) is 0 Å². The number of alkyl halides is 3. The minimum atomic E-state index is -5.09. The lowest BCUT2D eigenvalue weighted by molar-refractivity contribution is -0.321. The molecule has 15 heteroatoms. The highest BCUT2D eigenvalue weighted by atomic mass is 19.4. The Morgan fingerprint density at radius 1 is 1.02 bits per heavy atom. The van der Waals surface area contributed by atoms with Crippen LogP contribution in [-0.2, 0) is 23.9 Å². The van der Waals surface area contributed by atoms with Gasteiger partial charge < -0.3 is 27.0 Å². The Labute approximate surface area is 247 Å². The van der Waals surface area contributed by atoms with E-state index >= 15 is 0 Å². The number of rotatable bonds is 17. The van der Waals surface area contributed by atoms with E-state index in [-0.39, 0.29) is 30.7 Å². The Morgan fingerprint density at radius 2 is 1.67 bits per heavy atom. The summed E-state index contributed by atoms with van der Waals surface area (Å²) in [5, 5.41) is 10.0. The zero-order valence-corrected chi connectivity index (χ0v) is 24.1. The molecular weight excluding hydrogens is 578 g/mol. The number of carbonyl (C=O) groups excluding carboxylic acids is 5. The Morgan fingerprint density at radius 3 is 2.26 bits per heavy atom. The van der Waals surface area contributed by atoms with E-state index in [4.69, 9.17) is 5.73 Å². The molecule has 1 saturated heterocycles. The molecule has 0 spiro atoms. The van der Waals surface area contributed by atoms with Crippen molar-refractivity contribution in [1.29, 1.82) is 0 Å². The molecule has 1 aromatic rings. The lowest BCUT2D eigenvalue weighted by Gasteiger charge is -2.27. The number of halogens is 4. The summed E-state index contributed by atoms with van der Waals surface area (Å²) >= 11 is 0.